The average molecular weight is 338 g/mol. The van der Waals surface area contributed by atoms with Crippen LogP contribution in [0.3, 0.4) is 0 Å². The molecule has 0 aliphatic heterocycles. The molecule has 0 spiro atoms. The van der Waals surface area contributed by atoms with Gasteiger partial charge in [0, 0.05) is 11.6 Å². The fourth-order valence-corrected chi connectivity index (χ4v) is 2.33. The molecular weight excluding hydrogens is 316 g/mol. The molecule has 25 heavy (non-hydrogen) atoms. The van der Waals surface area contributed by atoms with E-state index >= 15 is 0 Å². The second kappa shape index (κ2) is 8.73. The number of ether oxygens (including phenoxy) is 3. The maximum absolute atomic E-state index is 11.3. The first-order valence-corrected chi connectivity index (χ1v) is 7.84. The zero-order chi connectivity index (χ0) is 18.2. The lowest BCUT2D eigenvalue weighted by atomic mass is 10.0. The van der Waals surface area contributed by atoms with E-state index < -0.39 is 0 Å². The van der Waals surface area contributed by atoms with Crippen molar-refractivity contribution in [3.05, 3.63) is 59.2 Å². The number of ketones is 1. The summed E-state index contributed by atoms with van der Waals surface area (Å²) in [6.45, 7) is 1.51. The van der Waals surface area contributed by atoms with Crippen molar-refractivity contribution >= 4 is 24.0 Å². The SMILES string of the molecule is COc1ccc(/C=C/c2cc(OC)cc(OC)c2/C=C/C(C)=O)cc1. The van der Waals surface area contributed by atoms with Crippen molar-refractivity contribution in [2.24, 2.45) is 0 Å². The molecule has 4 nitrogen and oxygen atoms in total. The Morgan fingerprint density at radius 2 is 1.52 bits per heavy atom. The normalized spacial score (nSPS) is 11.0. The maximum Gasteiger partial charge on any atom is 0.152 e. The maximum atomic E-state index is 11.3. The van der Waals surface area contributed by atoms with Crippen molar-refractivity contribution in [3.63, 3.8) is 0 Å². The van der Waals surface area contributed by atoms with E-state index in [4.69, 9.17) is 14.2 Å². The van der Waals surface area contributed by atoms with Gasteiger partial charge in [-0.15, -0.1) is 0 Å². The second-order valence-electron chi connectivity index (χ2n) is 5.38. The van der Waals surface area contributed by atoms with Crippen LogP contribution in [0.1, 0.15) is 23.6 Å². The molecule has 0 aliphatic rings. The molecule has 0 aliphatic carbocycles. The third-order valence-corrected chi connectivity index (χ3v) is 3.66. The first-order chi connectivity index (χ1) is 12.1. The standard InChI is InChI=1S/C21H22O4/c1-15(22)5-12-20-17(13-19(24-3)14-21(20)25-4)9-6-16-7-10-18(23-2)11-8-16/h5-14H,1-4H3/b9-6+,12-5+. The quantitative estimate of drug-likeness (QED) is 0.551. The number of benzene rings is 2. The Balaban J connectivity index is 2.45. The van der Waals surface area contributed by atoms with Crippen molar-refractivity contribution in [1.82, 2.24) is 0 Å². The third kappa shape index (κ3) is 4.98. The molecule has 4 heteroatoms. The van der Waals surface area contributed by atoms with Crippen LogP contribution >= 0.6 is 0 Å². The lowest BCUT2D eigenvalue weighted by Gasteiger charge is -2.11. The van der Waals surface area contributed by atoms with Gasteiger partial charge in [0.1, 0.15) is 17.2 Å². The van der Waals surface area contributed by atoms with Crippen LogP contribution in [-0.2, 0) is 4.79 Å². The highest BCUT2D eigenvalue weighted by molar-refractivity contribution is 5.93. The van der Waals surface area contributed by atoms with E-state index in [1.807, 2.05) is 42.5 Å². The lowest BCUT2D eigenvalue weighted by Crippen LogP contribution is -1.94. The van der Waals surface area contributed by atoms with Gasteiger partial charge in [0.25, 0.3) is 0 Å². The largest absolute Gasteiger partial charge is 0.497 e. The number of hydrogen-bond donors (Lipinski definition) is 0. The van der Waals surface area contributed by atoms with Crippen molar-refractivity contribution in [2.45, 2.75) is 6.92 Å². The van der Waals surface area contributed by atoms with Crippen LogP contribution in [-0.4, -0.2) is 27.1 Å². The van der Waals surface area contributed by atoms with Crippen LogP contribution in [0.4, 0.5) is 0 Å². The van der Waals surface area contributed by atoms with Gasteiger partial charge < -0.3 is 14.2 Å². The molecule has 130 valence electrons. The summed E-state index contributed by atoms with van der Waals surface area (Å²) >= 11 is 0. The van der Waals surface area contributed by atoms with Crippen LogP contribution in [0.2, 0.25) is 0 Å². The first kappa shape index (κ1) is 18.3. The summed E-state index contributed by atoms with van der Waals surface area (Å²) in [6.07, 6.45) is 7.23. The minimum atomic E-state index is -0.0250. The molecule has 2 rings (SSSR count). The fourth-order valence-electron chi connectivity index (χ4n) is 2.33. The van der Waals surface area contributed by atoms with E-state index in [2.05, 4.69) is 0 Å². The fraction of sp³-hybridized carbons (Fsp3) is 0.190. The highest BCUT2D eigenvalue weighted by Crippen LogP contribution is 2.31. The molecule has 0 heterocycles. The first-order valence-electron chi connectivity index (χ1n) is 7.84. The van der Waals surface area contributed by atoms with Crippen LogP contribution in [0.15, 0.2) is 42.5 Å². The summed E-state index contributed by atoms with van der Waals surface area (Å²) in [7, 11) is 4.84. The Labute approximate surface area is 148 Å². The number of carbonyl (C=O) groups is 1. The predicted molar refractivity (Wildman–Crippen MR) is 101 cm³/mol. The minimum Gasteiger partial charge on any atom is -0.497 e. The molecule has 0 radical (unpaired) electrons. The second-order valence-corrected chi connectivity index (χ2v) is 5.38. The van der Waals surface area contributed by atoms with Gasteiger partial charge in [-0.2, -0.15) is 0 Å². The molecule has 0 fully saturated rings. The smallest absolute Gasteiger partial charge is 0.152 e. The van der Waals surface area contributed by atoms with E-state index in [1.165, 1.54) is 13.0 Å². The van der Waals surface area contributed by atoms with Crippen LogP contribution < -0.4 is 14.2 Å². The van der Waals surface area contributed by atoms with E-state index in [1.54, 1.807) is 33.5 Å². The van der Waals surface area contributed by atoms with Gasteiger partial charge in [-0.05, 0) is 48.4 Å². The highest BCUT2D eigenvalue weighted by atomic mass is 16.5. The summed E-state index contributed by atoms with van der Waals surface area (Å²) in [4.78, 5) is 11.3. The van der Waals surface area contributed by atoms with Gasteiger partial charge in [0.2, 0.25) is 0 Å². The Morgan fingerprint density at radius 3 is 2.08 bits per heavy atom. The number of hydrogen-bond acceptors (Lipinski definition) is 4. The van der Waals surface area contributed by atoms with E-state index in [0.717, 1.165) is 22.4 Å². The molecule has 0 bridgehead atoms. The lowest BCUT2D eigenvalue weighted by molar-refractivity contribution is -0.112. The summed E-state index contributed by atoms with van der Waals surface area (Å²) in [5.74, 6) is 2.12. The van der Waals surface area contributed by atoms with Gasteiger partial charge in [-0.3, -0.25) is 4.79 Å². The monoisotopic (exact) mass is 338 g/mol. The summed E-state index contributed by atoms with van der Waals surface area (Å²) in [5, 5.41) is 0. The number of methoxy groups -OCH3 is 3. The predicted octanol–water partition coefficient (Wildman–Crippen LogP) is 4.49. The Kier molecular flexibility index (Phi) is 6.40. The van der Waals surface area contributed by atoms with Crippen molar-refractivity contribution < 1.29 is 19.0 Å². The minimum absolute atomic E-state index is 0.0250. The van der Waals surface area contributed by atoms with E-state index in [-0.39, 0.29) is 5.78 Å². The molecule has 0 N–H and O–H groups in total. The van der Waals surface area contributed by atoms with Crippen LogP contribution in [0.5, 0.6) is 17.2 Å². The molecule has 0 unspecified atom stereocenters. The number of rotatable bonds is 7. The van der Waals surface area contributed by atoms with Crippen LogP contribution in [0, 0.1) is 0 Å². The molecule has 2 aromatic carbocycles. The summed E-state index contributed by atoms with van der Waals surface area (Å²) < 4.78 is 16.0. The molecule has 0 aromatic heterocycles. The molecular formula is C21H22O4. The van der Waals surface area contributed by atoms with Crippen molar-refractivity contribution in [3.8, 4) is 17.2 Å². The molecule has 2 aromatic rings. The summed E-state index contributed by atoms with van der Waals surface area (Å²) in [5.41, 5.74) is 2.75. The zero-order valence-corrected chi connectivity index (χ0v) is 14.9. The number of allylic oxidation sites excluding steroid dienone is 1. The van der Waals surface area contributed by atoms with Gasteiger partial charge in [0.15, 0.2) is 5.78 Å². The van der Waals surface area contributed by atoms with E-state index in [9.17, 15) is 4.79 Å². The molecule has 0 saturated heterocycles. The van der Waals surface area contributed by atoms with Gasteiger partial charge >= 0.3 is 0 Å². The topological polar surface area (TPSA) is 44.8 Å². The molecule has 0 amide bonds. The Bertz CT molecular complexity index is 786. The zero-order valence-electron chi connectivity index (χ0n) is 14.9. The summed E-state index contributed by atoms with van der Waals surface area (Å²) in [6, 6.07) is 11.5. The van der Waals surface area contributed by atoms with Gasteiger partial charge in [-0.25, -0.2) is 0 Å². The average Bonchev–Trinajstić information content (AvgIpc) is 2.64. The highest BCUT2D eigenvalue weighted by Gasteiger charge is 2.08. The molecule has 0 atom stereocenters. The Morgan fingerprint density at radius 1 is 0.840 bits per heavy atom. The van der Waals surface area contributed by atoms with Crippen LogP contribution in [0.25, 0.3) is 18.2 Å². The molecule has 0 saturated carbocycles. The van der Waals surface area contributed by atoms with Crippen molar-refractivity contribution in [2.75, 3.05) is 21.3 Å². The number of carbonyl (C=O) groups excluding carboxylic acids is 1. The third-order valence-electron chi connectivity index (χ3n) is 3.66. The van der Waals surface area contributed by atoms with Gasteiger partial charge in [-0.1, -0.05) is 24.3 Å². The Hall–Kier alpha value is -3.01. The van der Waals surface area contributed by atoms with Crippen molar-refractivity contribution in [1.29, 1.82) is 0 Å². The van der Waals surface area contributed by atoms with E-state index in [0.29, 0.717) is 11.5 Å². The van der Waals surface area contributed by atoms with Gasteiger partial charge in [0.05, 0.1) is 21.3 Å².